The first-order chi connectivity index (χ1) is 11.7. The van der Waals surface area contributed by atoms with Crippen LogP contribution in [0, 0.1) is 0 Å². The van der Waals surface area contributed by atoms with Crippen molar-refractivity contribution in [3.63, 3.8) is 0 Å². The molecule has 0 saturated carbocycles. The number of anilines is 1. The number of hydrogen-bond donors (Lipinski definition) is 2. The van der Waals surface area contributed by atoms with E-state index in [9.17, 15) is 0 Å². The highest BCUT2D eigenvalue weighted by Gasteiger charge is 2.07. The minimum atomic E-state index is 0. The number of nitrogens with one attached hydrogen (secondary N) is 2. The third-order valence-electron chi connectivity index (χ3n) is 3.45. The summed E-state index contributed by atoms with van der Waals surface area (Å²) >= 11 is 1.82. The van der Waals surface area contributed by atoms with Crippen molar-refractivity contribution in [1.82, 2.24) is 5.32 Å². The molecule has 25 heavy (non-hydrogen) atoms. The van der Waals surface area contributed by atoms with Crippen molar-refractivity contribution in [2.45, 2.75) is 26.8 Å². The first-order valence-electron chi connectivity index (χ1n) is 8.06. The zero-order chi connectivity index (χ0) is 17.4. The second kappa shape index (κ2) is 11.2. The van der Waals surface area contributed by atoms with Crippen molar-refractivity contribution in [2.24, 2.45) is 4.99 Å². The van der Waals surface area contributed by atoms with Crippen LogP contribution in [0.3, 0.4) is 0 Å². The summed E-state index contributed by atoms with van der Waals surface area (Å²) < 4.78 is 10.9. The Kier molecular flexibility index (Phi) is 9.66. The summed E-state index contributed by atoms with van der Waals surface area (Å²) in [4.78, 5) is 6.96. The molecule has 5 nitrogen and oxygen atoms in total. The molecule has 2 N–H and O–H groups in total. The third-order valence-corrected chi connectivity index (χ3v) is 4.68. The van der Waals surface area contributed by atoms with E-state index in [0.29, 0.717) is 18.3 Å². The maximum Gasteiger partial charge on any atom is 0.195 e. The molecule has 0 aliphatic rings. The molecule has 0 unspecified atom stereocenters. The van der Waals surface area contributed by atoms with E-state index in [2.05, 4.69) is 34.7 Å². The molecule has 0 aliphatic heterocycles. The summed E-state index contributed by atoms with van der Waals surface area (Å²) in [5.74, 6) is 2.15. The summed E-state index contributed by atoms with van der Waals surface area (Å²) in [5, 5.41) is 6.61. The number of methoxy groups -OCH3 is 1. The first kappa shape index (κ1) is 21.6. The smallest absolute Gasteiger partial charge is 0.195 e. The van der Waals surface area contributed by atoms with Gasteiger partial charge in [0.1, 0.15) is 0 Å². The molecular weight excluding hydrogens is 449 g/mol. The lowest BCUT2D eigenvalue weighted by Gasteiger charge is -2.14. The van der Waals surface area contributed by atoms with Gasteiger partial charge in [0.05, 0.1) is 20.3 Å². The van der Waals surface area contributed by atoms with Crippen molar-refractivity contribution in [1.29, 1.82) is 0 Å². The van der Waals surface area contributed by atoms with Crippen LogP contribution in [0.5, 0.6) is 11.5 Å². The molecule has 1 heterocycles. The maximum atomic E-state index is 5.60. The highest BCUT2D eigenvalue weighted by molar-refractivity contribution is 14.0. The molecule has 2 aromatic rings. The topological polar surface area (TPSA) is 54.9 Å². The molecule has 0 saturated heterocycles. The van der Waals surface area contributed by atoms with Crippen molar-refractivity contribution in [2.75, 3.05) is 26.1 Å². The van der Waals surface area contributed by atoms with E-state index in [1.807, 2.05) is 36.5 Å². The van der Waals surface area contributed by atoms with Gasteiger partial charge in [-0.15, -0.1) is 35.3 Å². The second-order valence-electron chi connectivity index (χ2n) is 5.07. The van der Waals surface area contributed by atoms with E-state index in [-0.39, 0.29) is 24.0 Å². The number of aliphatic imine (C=N–C) groups is 1. The fourth-order valence-electron chi connectivity index (χ4n) is 2.22. The molecule has 0 atom stereocenters. The van der Waals surface area contributed by atoms with Gasteiger partial charge in [0.2, 0.25) is 0 Å². The minimum absolute atomic E-state index is 0. The van der Waals surface area contributed by atoms with Gasteiger partial charge in [0, 0.05) is 28.6 Å². The Bertz CT molecular complexity index is 689. The highest BCUT2D eigenvalue weighted by atomic mass is 127. The van der Waals surface area contributed by atoms with E-state index in [1.54, 1.807) is 14.2 Å². The van der Waals surface area contributed by atoms with Crippen LogP contribution in [-0.4, -0.2) is 26.7 Å². The van der Waals surface area contributed by atoms with Gasteiger partial charge in [-0.05, 0) is 37.6 Å². The van der Waals surface area contributed by atoms with Gasteiger partial charge in [0.15, 0.2) is 17.5 Å². The third kappa shape index (κ3) is 6.39. The SMILES string of the molecule is CCOc1cc(NC(=NC)NCc2ccc(CC)s2)ccc1OC.I. The fourth-order valence-corrected chi connectivity index (χ4v) is 3.11. The molecule has 0 aliphatic carbocycles. The number of halogens is 1. The molecule has 0 amide bonds. The monoisotopic (exact) mass is 475 g/mol. The molecule has 1 aromatic carbocycles. The van der Waals surface area contributed by atoms with Gasteiger partial charge in [-0.2, -0.15) is 0 Å². The predicted octanol–water partition coefficient (Wildman–Crippen LogP) is 4.52. The van der Waals surface area contributed by atoms with Gasteiger partial charge in [-0.25, -0.2) is 0 Å². The molecule has 1 aromatic heterocycles. The van der Waals surface area contributed by atoms with Crippen LogP contribution in [0.15, 0.2) is 35.3 Å². The van der Waals surface area contributed by atoms with Crippen molar-refractivity contribution in [3.8, 4) is 11.5 Å². The number of guanidine groups is 1. The van der Waals surface area contributed by atoms with Crippen LogP contribution in [-0.2, 0) is 13.0 Å². The van der Waals surface area contributed by atoms with Crippen LogP contribution in [0.4, 0.5) is 5.69 Å². The summed E-state index contributed by atoms with van der Waals surface area (Å²) in [6, 6.07) is 10.1. The normalized spacial score (nSPS) is 10.8. The van der Waals surface area contributed by atoms with Crippen molar-refractivity contribution in [3.05, 3.63) is 40.1 Å². The number of hydrogen-bond acceptors (Lipinski definition) is 4. The Morgan fingerprint density at radius 3 is 2.48 bits per heavy atom. The van der Waals surface area contributed by atoms with Crippen molar-refractivity contribution < 1.29 is 9.47 Å². The number of benzene rings is 1. The Labute approximate surface area is 170 Å². The van der Waals surface area contributed by atoms with E-state index < -0.39 is 0 Å². The van der Waals surface area contributed by atoms with Gasteiger partial charge >= 0.3 is 0 Å². The van der Waals surface area contributed by atoms with Crippen LogP contribution in [0.2, 0.25) is 0 Å². The average Bonchev–Trinajstić information content (AvgIpc) is 3.07. The number of ether oxygens (including phenoxy) is 2. The number of nitrogens with zero attached hydrogens (tertiary/aromatic N) is 1. The molecular formula is C18H26IN3O2S. The Hall–Kier alpha value is -1.48. The van der Waals surface area contributed by atoms with E-state index in [1.165, 1.54) is 9.75 Å². The fraction of sp³-hybridized carbons (Fsp3) is 0.389. The Morgan fingerprint density at radius 2 is 1.88 bits per heavy atom. The van der Waals surface area contributed by atoms with Crippen molar-refractivity contribution >= 4 is 47.0 Å². The largest absolute Gasteiger partial charge is 0.493 e. The van der Waals surface area contributed by atoms with E-state index >= 15 is 0 Å². The molecule has 138 valence electrons. The van der Waals surface area contributed by atoms with Crippen LogP contribution in [0.1, 0.15) is 23.6 Å². The van der Waals surface area contributed by atoms with Gasteiger partial charge in [0.25, 0.3) is 0 Å². The van der Waals surface area contributed by atoms with Crippen LogP contribution < -0.4 is 20.1 Å². The molecule has 7 heteroatoms. The summed E-state index contributed by atoms with van der Waals surface area (Å²) in [6.07, 6.45) is 1.07. The van der Waals surface area contributed by atoms with E-state index in [0.717, 1.165) is 24.4 Å². The molecule has 0 bridgehead atoms. The van der Waals surface area contributed by atoms with Crippen LogP contribution >= 0.6 is 35.3 Å². The van der Waals surface area contributed by atoms with Gasteiger partial charge in [-0.1, -0.05) is 6.92 Å². The second-order valence-corrected chi connectivity index (χ2v) is 6.32. The number of thiophene rings is 1. The lowest BCUT2D eigenvalue weighted by Crippen LogP contribution is -2.29. The molecule has 0 fully saturated rings. The molecule has 2 rings (SSSR count). The Morgan fingerprint density at radius 1 is 1.12 bits per heavy atom. The zero-order valence-electron chi connectivity index (χ0n) is 15.1. The number of rotatable bonds is 7. The molecule has 0 radical (unpaired) electrons. The lowest BCUT2D eigenvalue weighted by molar-refractivity contribution is 0.311. The summed E-state index contributed by atoms with van der Waals surface area (Å²) in [5.41, 5.74) is 0.896. The van der Waals surface area contributed by atoms with Crippen LogP contribution in [0.25, 0.3) is 0 Å². The summed E-state index contributed by atoms with van der Waals surface area (Å²) in [7, 11) is 3.39. The maximum absolute atomic E-state index is 5.60. The quantitative estimate of drug-likeness (QED) is 0.351. The standard InChI is InChI=1S/C18H25N3O2S.HI/c1-5-14-8-9-15(24-14)12-20-18(19-3)21-13-7-10-16(22-4)17(11-13)23-6-2;/h7-11H,5-6,12H2,1-4H3,(H2,19,20,21);1H. The van der Waals surface area contributed by atoms with Gasteiger partial charge in [-0.3, -0.25) is 4.99 Å². The molecule has 0 spiro atoms. The zero-order valence-corrected chi connectivity index (χ0v) is 18.2. The number of aryl methyl sites for hydroxylation is 1. The predicted molar refractivity (Wildman–Crippen MR) is 117 cm³/mol. The summed E-state index contributed by atoms with van der Waals surface area (Å²) in [6.45, 7) is 5.46. The highest BCUT2D eigenvalue weighted by Crippen LogP contribution is 2.30. The lowest BCUT2D eigenvalue weighted by atomic mass is 10.2. The Balaban J connectivity index is 0.00000312. The van der Waals surface area contributed by atoms with Gasteiger partial charge < -0.3 is 20.1 Å². The minimum Gasteiger partial charge on any atom is -0.493 e. The van der Waals surface area contributed by atoms with E-state index in [4.69, 9.17) is 9.47 Å². The first-order valence-corrected chi connectivity index (χ1v) is 8.87. The average molecular weight is 475 g/mol.